The topological polar surface area (TPSA) is 37.3 Å². The molecule has 4 saturated carbocycles. The molecule has 0 saturated heterocycles. The van der Waals surface area contributed by atoms with Crippen LogP contribution in [0.15, 0.2) is 0 Å². The maximum absolute atomic E-state index is 15.7. The fourth-order valence-electron chi connectivity index (χ4n) is 6.92. The zero-order valence-electron chi connectivity index (χ0n) is 14.2. The lowest BCUT2D eigenvalue weighted by molar-refractivity contribution is -0.189. The minimum atomic E-state index is -1.98. The average molecular weight is 326 g/mol. The molecule has 0 spiro atoms. The second-order valence-corrected chi connectivity index (χ2v) is 9.20. The third kappa shape index (κ3) is 1.85. The fraction of sp³-hybridized carbons (Fsp3) is 0.947. The molecule has 0 aromatic heterocycles. The zero-order chi connectivity index (χ0) is 16.6. The van der Waals surface area contributed by atoms with Gasteiger partial charge in [0.05, 0.1) is 6.10 Å². The van der Waals surface area contributed by atoms with Crippen molar-refractivity contribution in [3.63, 3.8) is 0 Å². The Kier molecular flexibility index (Phi) is 3.32. The van der Waals surface area contributed by atoms with E-state index in [4.69, 9.17) is 0 Å². The molecule has 4 rings (SSSR count). The first-order chi connectivity index (χ1) is 10.7. The van der Waals surface area contributed by atoms with Crippen molar-refractivity contribution >= 4 is 5.78 Å². The van der Waals surface area contributed by atoms with Gasteiger partial charge in [0.25, 0.3) is 0 Å². The summed E-state index contributed by atoms with van der Waals surface area (Å²) in [4.78, 5) is 12.7. The van der Waals surface area contributed by atoms with Gasteiger partial charge in [0.2, 0.25) is 0 Å². The number of Topliss-reactive ketones (excluding diaryl/α,β-unsaturated/α-hetero) is 1. The van der Waals surface area contributed by atoms with E-state index in [-0.39, 0.29) is 42.0 Å². The largest absolute Gasteiger partial charge is 0.393 e. The minimum absolute atomic E-state index is 0.120. The summed E-state index contributed by atoms with van der Waals surface area (Å²) in [7, 11) is 0. The van der Waals surface area contributed by atoms with Crippen molar-refractivity contribution in [1.29, 1.82) is 0 Å². The van der Waals surface area contributed by atoms with Crippen LogP contribution >= 0.6 is 0 Å². The summed E-state index contributed by atoms with van der Waals surface area (Å²) >= 11 is 0. The highest BCUT2D eigenvalue weighted by Gasteiger charge is 2.68. The normalized spacial score (nSPS) is 59.2. The predicted octanol–water partition coefficient (Wildman–Crippen LogP) is 4.00. The first kappa shape index (κ1) is 16.0. The van der Waals surface area contributed by atoms with Crippen LogP contribution in [0.5, 0.6) is 0 Å². The van der Waals surface area contributed by atoms with Gasteiger partial charge in [-0.25, -0.2) is 8.78 Å². The van der Waals surface area contributed by atoms with Crippen LogP contribution < -0.4 is 0 Å². The quantitative estimate of drug-likeness (QED) is 0.730. The van der Waals surface area contributed by atoms with Gasteiger partial charge in [-0.05, 0) is 61.7 Å². The number of hydrogen-bond acceptors (Lipinski definition) is 2. The molecule has 0 unspecified atom stereocenters. The van der Waals surface area contributed by atoms with E-state index in [0.29, 0.717) is 18.8 Å². The van der Waals surface area contributed by atoms with Crippen molar-refractivity contribution in [2.75, 3.05) is 0 Å². The lowest BCUT2D eigenvalue weighted by Crippen LogP contribution is -2.65. The van der Waals surface area contributed by atoms with Gasteiger partial charge in [-0.3, -0.25) is 4.79 Å². The molecule has 0 aromatic carbocycles. The van der Waals surface area contributed by atoms with Gasteiger partial charge >= 0.3 is 0 Å². The number of alkyl halides is 2. The highest BCUT2D eigenvalue weighted by molar-refractivity contribution is 5.89. The first-order valence-electron chi connectivity index (χ1n) is 9.27. The molecule has 2 nitrogen and oxygen atoms in total. The molecule has 0 aliphatic heterocycles. The molecule has 0 radical (unpaired) electrons. The Balaban J connectivity index is 1.73. The summed E-state index contributed by atoms with van der Waals surface area (Å²) in [5.41, 5.74) is -2.81. The monoisotopic (exact) mass is 326 g/mol. The third-order valence-corrected chi connectivity index (χ3v) is 8.45. The second kappa shape index (κ2) is 4.77. The fourth-order valence-corrected chi connectivity index (χ4v) is 6.92. The van der Waals surface area contributed by atoms with Gasteiger partial charge in [0, 0.05) is 18.3 Å². The molecule has 4 aliphatic rings. The van der Waals surface area contributed by atoms with Crippen LogP contribution in [-0.2, 0) is 4.79 Å². The molecule has 0 amide bonds. The van der Waals surface area contributed by atoms with Crippen LogP contribution in [0.2, 0.25) is 0 Å². The van der Waals surface area contributed by atoms with Crippen LogP contribution in [0, 0.1) is 28.6 Å². The van der Waals surface area contributed by atoms with Crippen molar-refractivity contribution in [2.24, 2.45) is 28.6 Å². The number of halogens is 2. The van der Waals surface area contributed by atoms with E-state index in [1.807, 2.05) is 6.92 Å². The van der Waals surface area contributed by atoms with E-state index in [1.165, 1.54) is 0 Å². The Morgan fingerprint density at radius 1 is 1.09 bits per heavy atom. The van der Waals surface area contributed by atoms with Crippen LogP contribution in [0.4, 0.5) is 8.78 Å². The van der Waals surface area contributed by atoms with Crippen molar-refractivity contribution in [3.8, 4) is 0 Å². The van der Waals surface area contributed by atoms with Crippen molar-refractivity contribution in [3.05, 3.63) is 0 Å². The molecule has 0 aromatic rings. The van der Waals surface area contributed by atoms with E-state index < -0.39 is 17.3 Å². The third-order valence-electron chi connectivity index (χ3n) is 8.45. The number of aliphatic hydroxyl groups is 1. The van der Waals surface area contributed by atoms with Gasteiger partial charge in [-0.15, -0.1) is 0 Å². The Labute approximate surface area is 137 Å². The Morgan fingerprint density at radius 2 is 1.83 bits per heavy atom. The number of aliphatic hydroxyl groups excluding tert-OH is 1. The van der Waals surface area contributed by atoms with E-state index in [9.17, 15) is 14.3 Å². The summed E-state index contributed by atoms with van der Waals surface area (Å²) in [6.07, 6.45) is 2.88. The molecule has 4 aliphatic carbocycles. The Morgan fingerprint density at radius 3 is 2.57 bits per heavy atom. The van der Waals surface area contributed by atoms with Crippen LogP contribution in [-0.4, -0.2) is 28.8 Å². The molecule has 8 atom stereocenters. The highest BCUT2D eigenvalue weighted by atomic mass is 19.2. The maximum Gasteiger partial charge on any atom is 0.177 e. The summed E-state index contributed by atoms with van der Waals surface area (Å²) in [5.74, 6) is 0.267. The molecule has 4 fully saturated rings. The van der Waals surface area contributed by atoms with Gasteiger partial charge in [-0.1, -0.05) is 13.8 Å². The average Bonchev–Trinajstić information content (AvgIpc) is 2.79. The first-order valence-corrected chi connectivity index (χ1v) is 9.27. The second-order valence-electron chi connectivity index (χ2n) is 9.20. The number of fused-ring (bicyclic) bond motifs is 5. The standard InChI is InChI=1S/C19H28F2O2/c1-17-7-6-14-12(13(17)3-4-15(17)22)9-16(23)19(21)10-11(20)5-8-18(14,19)2/h11-15,22H,3-10H2,1-2H3/t11-,12+,13+,14+,15+,17+,18-,19+/m1/s1. The van der Waals surface area contributed by atoms with Gasteiger partial charge in [-0.2, -0.15) is 0 Å². The number of carbonyl (C=O) groups is 1. The summed E-state index contributed by atoms with van der Waals surface area (Å²) in [5, 5.41) is 10.4. The lowest BCUT2D eigenvalue weighted by atomic mass is 9.44. The smallest absolute Gasteiger partial charge is 0.177 e. The summed E-state index contributed by atoms with van der Waals surface area (Å²) < 4.78 is 29.6. The molecule has 23 heavy (non-hydrogen) atoms. The van der Waals surface area contributed by atoms with Crippen LogP contribution in [0.25, 0.3) is 0 Å². The molecule has 4 heteroatoms. The maximum atomic E-state index is 15.7. The lowest BCUT2D eigenvalue weighted by Gasteiger charge is -2.61. The summed E-state index contributed by atoms with van der Waals surface area (Å²) in [6.45, 7) is 4.05. The minimum Gasteiger partial charge on any atom is -0.393 e. The molecular weight excluding hydrogens is 298 g/mol. The van der Waals surface area contributed by atoms with Crippen LogP contribution in [0.1, 0.15) is 65.2 Å². The van der Waals surface area contributed by atoms with Gasteiger partial charge in [0.15, 0.2) is 11.5 Å². The van der Waals surface area contributed by atoms with Crippen molar-refractivity contribution < 1.29 is 18.7 Å². The Bertz CT molecular complexity index is 537. The van der Waals surface area contributed by atoms with Gasteiger partial charge < -0.3 is 5.11 Å². The molecular formula is C19H28F2O2. The molecule has 0 bridgehead atoms. The van der Waals surface area contributed by atoms with Crippen molar-refractivity contribution in [2.45, 2.75) is 83.2 Å². The number of carbonyl (C=O) groups excluding carboxylic acids is 1. The zero-order valence-corrected chi connectivity index (χ0v) is 14.2. The van der Waals surface area contributed by atoms with Crippen molar-refractivity contribution in [1.82, 2.24) is 0 Å². The van der Waals surface area contributed by atoms with E-state index in [0.717, 1.165) is 25.7 Å². The molecule has 130 valence electrons. The van der Waals surface area contributed by atoms with E-state index in [1.54, 1.807) is 0 Å². The van der Waals surface area contributed by atoms with E-state index in [2.05, 4.69) is 6.92 Å². The molecule has 0 heterocycles. The van der Waals surface area contributed by atoms with Crippen LogP contribution in [0.3, 0.4) is 0 Å². The number of hydrogen-bond donors (Lipinski definition) is 1. The highest BCUT2D eigenvalue weighted by Crippen LogP contribution is 2.67. The number of rotatable bonds is 0. The van der Waals surface area contributed by atoms with E-state index >= 15 is 4.39 Å². The SMILES string of the molecule is C[C@]12CC[C@H]3[C@@H](CC(=O)[C@@]4(F)C[C@H](F)CC[C@]34C)[C@@H]1CC[C@@H]2O. The van der Waals surface area contributed by atoms with Gasteiger partial charge in [0.1, 0.15) is 6.17 Å². The molecule has 1 N–H and O–H groups in total. The number of ketones is 1. The predicted molar refractivity (Wildman–Crippen MR) is 83.4 cm³/mol. The Hall–Kier alpha value is -0.510. The summed E-state index contributed by atoms with van der Waals surface area (Å²) in [6, 6.07) is 0.